The maximum atomic E-state index is 6.40. The molecule has 0 fully saturated rings. The first-order valence-corrected chi connectivity index (χ1v) is 17.2. The normalized spacial score (nSPS) is 12.0. The molecule has 2 aromatic heterocycles. The zero-order valence-corrected chi connectivity index (χ0v) is 27.1. The average molecular weight is 636 g/mol. The third kappa shape index (κ3) is 3.96. The molecule has 0 saturated heterocycles. The van der Waals surface area contributed by atoms with Crippen LogP contribution in [0.25, 0.3) is 109 Å². The minimum Gasteiger partial charge on any atom is -0.455 e. The Balaban J connectivity index is 1.04. The topological polar surface area (TPSA) is 28.9 Å². The monoisotopic (exact) mass is 635 g/mol. The Kier molecular flexibility index (Phi) is 5.70. The Bertz CT molecular complexity index is 3120. The van der Waals surface area contributed by atoms with Crippen LogP contribution < -0.4 is 0 Å². The third-order valence-corrected chi connectivity index (χ3v) is 10.6. The summed E-state index contributed by atoms with van der Waals surface area (Å²) in [6.45, 7) is 0. The van der Waals surface area contributed by atoms with Gasteiger partial charge in [-0.2, -0.15) is 0 Å². The molecule has 2 heteroatoms. The fourth-order valence-corrected chi connectivity index (χ4v) is 8.26. The second-order valence-corrected chi connectivity index (χ2v) is 13.3. The average Bonchev–Trinajstić information content (AvgIpc) is 3.76. The molecule has 0 bridgehead atoms. The van der Waals surface area contributed by atoms with Gasteiger partial charge in [0.15, 0.2) is 0 Å². The van der Waals surface area contributed by atoms with Crippen LogP contribution in [0.1, 0.15) is 0 Å². The van der Waals surface area contributed by atoms with Gasteiger partial charge in [0.05, 0.1) is 5.52 Å². The summed E-state index contributed by atoms with van der Waals surface area (Å²) in [6, 6.07) is 61.5. The van der Waals surface area contributed by atoms with Crippen molar-refractivity contribution in [2.45, 2.75) is 0 Å². The Morgan fingerprint density at radius 3 is 1.66 bits per heavy atom. The fourth-order valence-electron chi connectivity index (χ4n) is 8.26. The van der Waals surface area contributed by atoms with E-state index in [9.17, 15) is 0 Å². The summed E-state index contributed by atoms with van der Waals surface area (Å²) < 4.78 is 6.40. The fraction of sp³-hybridized carbons (Fsp3) is 0. The molecule has 2 heterocycles. The highest BCUT2D eigenvalue weighted by Crippen LogP contribution is 2.41. The maximum absolute atomic E-state index is 6.40. The lowest BCUT2D eigenvalue weighted by molar-refractivity contribution is 0.670. The van der Waals surface area contributed by atoms with Crippen LogP contribution in [0.3, 0.4) is 0 Å². The first kappa shape index (κ1) is 27.3. The number of para-hydroxylation sites is 3. The van der Waals surface area contributed by atoms with E-state index in [4.69, 9.17) is 4.42 Å². The number of fused-ring (bicyclic) bond motifs is 12. The number of aromatic nitrogens is 1. The molecule has 0 aliphatic rings. The first-order chi connectivity index (χ1) is 24.8. The summed E-state index contributed by atoms with van der Waals surface area (Å²) in [6.07, 6.45) is 0. The first-order valence-electron chi connectivity index (χ1n) is 17.2. The molecule has 0 unspecified atom stereocenters. The number of hydrogen-bond donors (Lipinski definition) is 1. The molecule has 0 aliphatic heterocycles. The van der Waals surface area contributed by atoms with Crippen molar-refractivity contribution < 1.29 is 4.42 Å². The van der Waals surface area contributed by atoms with E-state index in [0.29, 0.717) is 0 Å². The van der Waals surface area contributed by atoms with Crippen molar-refractivity contribution in [3.63, 3.8) is 0 Å². The van der Waals surface area contributed by atoms with Crippen LogP contribution >= 0.6 is 0 Å². The van der Waals surface area contributed by atoms with Gasteiger partial charge in [0.25, 0.3) is 0 Å². The van der Waals surface area contributed by atoms with Crippen LogP contribution in [-0.4, -0.2) is 4.98 Å². The zero-order valence-electron chi connectivity index (χ0n) is 27.1. The van der Waals surface area contributed by atoms with E-state index in [0.717, 1.165) is 44.1 Å². The van der Waals surface area contributed by atoms with Crippen molar-refractivity contribution in [2.75, 3.05) is 0 Å². The highest BCUT2D eigenvalue weighted by Gasteiger charge is 2.16. The lowest BCUT2D eigenvalue weighted by Crippen LogP contribution is -1.86. The summed E-state index contributed by atoms with van der Waals surface area (Å²) in [4.78, 5) is 3.78. The minimum absolute atomic E-state index is 0.917. The van der Waals surface area contributed by atoms with Gasteiger partial charge in [-0.15, -0.1) is 0 Å². The molecule has 232 valence electrons. The van der Waals surface area contributed by atoms with E-state index in [1.54, 1.807) is 0 Å². The Hall–Kier alpha value is -6.64. The largest absolute Gasteiger partial charge is 0.455 e. The molecule has 0 radical (unpaired) electrons. The molecule has 2 nitrogen and oxygen atoms in total. The molecule has 0 atom stereocenters. The molecule has 50 heavy (non-hydrogen) atoms. The van der Waals surface area contributed by atoms with Crippen LogP contribution in [0.2, 0.25) is 0 Å². The van der Waals surface area contributed by atoms with E-state index in [1.165, 1.54) is 65.3 Å². The molecule has 0 saturated carbocycles. The van der Waals surface area contributed by atoms with E-state index in [2.05, 4.69) is 163 Å². The van der Waals surface area contributed by atoms with Crippen LogP contribution in [0, 0.1) is 0 Å². The molecule has 0 amide bonds. The predicted molar refractivity (Wildman–Crippen MR) is 212 cm³/mol. The molecule has 1 N–H and O–H groups in total. The molecule has 9 aromatic carbocycles. The highest BCUT2D eigenvalue weighted by molar-refractivity contribution is 6.26. The highest BCUT2D eigenvalue weighted by atomic mass is 16.3. The number of aromatic amines is 1. The number of benzene rings is 9. The number of H-pyrrole nitrogens is 1. The SMILES string of the molecule is c1cc(-c2ccc3c4ccccc4c4ccccc4c3c2)cc(-c2cccc3c2[nH]c2ccc(-c4cccc5c4oc4ccccc45)cc23)c1. The van der Waals surface area contributed by atoms with Gasteiger partial charge in [0.2, 0.25) is 0 Å². The number of nitrogens with one attached hydrogen (secondary N) is 1. The van der Waals surface area contributed by atoms with Crippen molar-refractivity contribution in [3.8, 4) is 33.4 Å². The number of furan rings is 1. The Morgan fingerprint density at radius 2 is 0.860 bits per heavy atom. The second-order valence-electron chi connectivity index (χ2n) is 13.3. The van der Waals surface area contributed by atoms with Crippen molar-refractivity contribution in [1.82, 2.24) is 4.98 Å². The van der Waals surface area contributed by atoms with Crippen LogP contribution in [0.15, 0.2) is 174 Å². The predicted octanol–water partition coefficient (Wildman–Crippen LogP) is 13.7. The van der Waals surface area contributed by atoms with Gasteiger partial charge in [-0.05, 0) is 84.9 Å². The number of rotatable bonds is 3. The lowest BCUT2D eigenvalue weighted by Gasteiger charge is -2.12. The van der Waals surface area contributed by atoms with Crippen LogP contribution in [-0.2, 0) is 0 Å². The van der Waals surface area contributed by atoms with Gasteiger partial charge < -0.3 is 9.40 Å². The van der Waals surface area contributed by atoms with Gasteiger partial charge in [-0.1, -0.05) is 140 Å². The molecule has 0 spiro atoms. The third-order valence-electron chi connectivity index (χ3n) is 10.6. The van der Waals surface area contributed by atoms with Crippen LogP contribution in [0.4, 0.5) is 0 Å². The van der Waals surface area contributed by atoms with E-state index < -0.39 is 0 Å². The zero-order chi connectivity index (χ0) is 32.8. The summed E-state index contributed by atoms with van der Waals surface area (Å²) in [5.41, 5.74) is 11.2. The summed E-state index contributed by atoms with van der Waals surface area (Å²) in [5.74, 6) is 0. The minimum atomic E-state index is 0.917. The van der Waals surface area contributed by atoms with Gasteiger partial charge in [-0.25, -0.2) is 0 Å². The molecule has 0 aliphatic carbocycles. The van der Waals surface area contributed by atoms with Crippen molar-refractivity contribution in [3.05, 3.63) is 170 Å². The van der Waals surface area contributed by atoms with E-state index in [-0.39, 0.29) is 0 Å². The van der Waals surface area contributed by atoms with Crippen LogP contribution in [0.5, 0.6) is 0 Å². The molecule has 11 rings (SSSR count). The standard InChI is InChI=1S/C48H29NO/c1-2-14-37-35(12-1)36-13-3-4-15-38(36)43-27-30(22-24-39(37)43)29-10-7-11-31(26-29)33-17-8-19-41-44-28-32(23-25-45(44)49-47(33)41)34-18-9-20-42-40-16-5-6-21-46(40)50-48(34)42/h1-28,49H. The van der Waals surface area contributed by atoms with Gasteiger partial charge in [0.1, 0.15) is 11.2 Å². The maximum Gasteiger partial charge on any atom is 0.143 e. The Labute approximate surface area is 287 Å². The quantitative estimate of drug-likeness (QED) is 0.192. The molecular weight excluding hydrogens is 607 g/mol. The Morgan fingerprint density at radius 1 is 0.320 bits per heavy atom. The molecular formula is C48H29NO. The van der Waals surface area contributed by atoms with Crippen molar-refractivity contribution in [1.29, 1.82) is 0 Å². The van der Waals surface area contributed by atoms with Gasteiger partial charge in [0, 0.05) is 38.2 Å². The van der Waals surface area contributed by atoms with Gasteiger partial charge >= 0.3 is 0 Å². The molecule has 11 aromatic rings. The summed E-state index contributed by atoms with van der Waals surface area (Å²) in [5, 5.41) is 12.5. The number of hydrogen-bond acceptors (Lipinski definition) is 1. The lowest BCUT2D eigenvalue weighted by atomic mass is 9.91. The van der Waals surface area contributed by atoms with Crippen molar-refractivity contribution >= 4 is 76.1 Å². The summed E-state index contributed by atoms with van der Waals surface area (Å²) >= 11 is 0. The van der Waals surface area contributed by atoms with Gasteiger partial charge in [-0.3, -0.25) is 0 Å². The summed E-state index contributed by atoms with van der Waals surface area (Å²) in [7, 11) is 0. The van der Waals surface area contributed by atoms with Crippen molar-refractivity contribution in [2.24, 2.45) is 0 Å². The van der Waals surface area contributed by atoms with E-state index in [1.807, 2.05) is 12.1 Å². The smallest absolute Gasteiger partial charge is 0.143 e. The second kappa shape index (κ2) is 10.4. The van der Waals surface area contributed by atoms with E-state index >= 15 is 0 Å².